The summed E-state index contributed by atoms with van der Waals surface area (Å²) in [4.78, 5) is 27.5. The molecule has 35 heavy (non-hydrogen) atoms. The third kappa shape index (κ3) is 6.12. The molecule has 0 aliphatic carbocycles. The number of furan rings is 1. The van der Waals surface area contributed by atoms with Gasteiger partial charge in [-0.15, -0.1) is 0 Å². The number of amides is 2. The van der Waals surface area contributed by atoms with Gasteiger partial charge >= 0.3 is 6.18 Å². The molecule has 1 N–H and O–H groups in total. The Labute approximate surface area is 203 Å². The van der Waals surface area contributed by atoms with Crippen LogP contribution in [0.25, 0.3) is 17.4 Å². The van der Waals surface area contributed by atoms with Gasteiger partial charge in [-0.2, -0.15) is 13.2 Å². The number of nitrogens with zero attached hydrogens (tertiary/aromatic N) is 1. The van der Waals surface area contributed by atoms with E-state index in [1.807, 2.05) is 0 Å². The molecule has 6 nitrogen and oxygen atoms in total. The standard InChI is InChI=1S/C25H20ClF3N2O4/c26-19-6-4-16(5-7-19)23(32)30-21(24(33)31-10-12-34-13-11-31)15-20-8-9-22(35-20)17-2-1-3-18(14-17)25(27,28)29/h1-9,14-15H,10-13H2,(H,30,32)/b21-15+. The Morgan fingerprint density at radius 3 is 2.40 bits per heavy atom. The van der Waals surface area contributed by atoms with E-state index in [4.69, 9.17) is 20.8 Å². The van der Waals surface area contributed by atoms with Gasteiger partial charge in [0.25, 0.3) is 11.8 Å². The van der Waals surface area contributed by atoms with Gasteiger partial charge in [0.1, 0.15) is 17.2 Å². The van der Waals surface area contributed by atoms with E-state index in [0.29, 0.717) is 36.9 Å². The van der Waals surface area contributed by atoms with Crippen LogP contribution in [0, 0.1) is 0 Å². The van der Waals surface area contributed by atoms with E-state index in [9.17, 15) is 22.8 Å². The number of halogens is 4. The summed E-state index contributed by atoms with van der Waals surface area (Å²) in [5, 5.41) is 3.07. The second kappa shape index (κ2) is 10.4. The van der Waals surface area contributed by atoms with Gasteiger partial charge in [0.15, 0.2) is 0 Å². The first-order chi connectivity index (χ1) is 16.7. The summed E-state index contributed by atoms with van der Waals surface area (Å²) in [6.45, 7) is 1.43. The molecule has 10 heteroatoms. The number of hydrogen-bond acceptors (Lipinski definition) is 4. The molecule has 1 aliphatic heterocycles. The van der Waals surface area contributed by atoms with E-state index in [2.05, 4.69) is 5.32 Å². The second-order valence-corrected chi connectivity index (χ2v) is 8.14. The largest absolute Gasteiger partial charge is 0.457 e. The van der Waals surface area contributed by atoms with E-state index in [1.54, 1.807) is 12.1 Å². The van der Waals surface area contributed by atoms with Gasteiger partial charge in [0.2, 0.25) is 0 Å². The molecule has 0 spiro atoms. The van der Waals surface area contributed by atoms with Crippen LogP contribution in [0.1, 0.15) is 21.7 Å². The Morgan fingerprint density at radius 1 is 1.00 bits per heavy atom. The van der Waals surface area contributed by atoms with Crippen LogP contribution in [0.3, 0.4) is 0 Å². The molecule has 0 radical (unpaired) electrons. The first-order valence-electron chi connectivity index (χ1n) is 10.6. The van der Waals surface area contributed by atoms with Crippen molar-refractivity contribution in [1.29, 1.82) is 0 Å². The molecular formula is C25H20ClF3N2O4. The predicted molar refractivity (Wildman–Crippen MR) is 123 cm³/mol. The van der Waals surface area contributed by atoms with Crippen molar-refractivity contribution in [1.82, 2.24) is 10.2 Å². The van der Waals surface area contributed by atoms with Crippen molar-refractivity contribution in [3.8, 4) is 11.3 Å². The SMILES string of the molecule is O=C(N/C(=C/c1ccc(-c2cccc(C(F)(F)F)c2)o1)C(=O)N1CCOCC1)c1ccc(Cl)cc1. The van der Waals surface area contributed by atoms with Crippen molar-refractivity contribution < 1.29 is 31.9 Å². The highest BCUT2D eigenvalue weighted by Gasteiger charge is 2.30. The lowest BCUT2D eigenvalue weighted by molar-refractivity contribution is -0.137. The summed E-state index contributed by atoms with van der Waals surface area (Å²) in [5.74, 6) is -0.596. The molecule has 182 valence electrons. The third-order valence-electron chi connectivity index (χ3n) is 5.27. The van der Waals surface area contributed by atoms with E-state index in [1.165, 1.54) is 47.4 Å². The van der Waals surface area contributed by atoms with Crippen molar-refractivity contribution in [3.05, 3.63) is 88.3 Å². The molecule has 2 heterocycles. The third-order valence-corrected chi connectivity index (χ3v) is 5.52. The average Bonchev–Trinajstić information content (AvgIpc) is 3.32. The summed E-state index contributed by atoms with van der Waals surface area (Å²) in [6.07, 6.45) is -3.14. The average molecular weight is 505 g/mol. The minimum absolute atomic E-state index is 0.0446. The monoisotopic (exact) mass is 504 g/mol. The summed E-state index contributed by atoms with van der Waals surface area (Å²) < 4.78 is 50.2. The molecule has 1 fully saturated rings. The fourth-order valence-corrected chi connectivity index (χ4v) is 3.59. The Hall–Kier alpha value is -3.56. The lowest BCUT2D eigenvalue weighted by Gasteiger charge is -2.27. The number of rotatable bonds is 5. The zero-order valence-corrected chi connectivity index (χ0v) is 19.0. The van der Waals surface area contributed by atoms with Crippen molar-refractivity contribution in [2.75, 3.05) is 26.3 Å². The van der Waals surface area contributed by atoms with Crippen LogP contribution in [0.15, 0.2) is 70.8 Å². The van der Waals surface area contributed by atoms with Crippen molar-refractivity contribution in [3.63, 3.8) is 0 Å². The maximum absolute atomic E-state index is 13.2. The number of benzene rings is 2. The molecule has 0 bridgehead atoms. The van der Waals surface area contributed by atoms with Crippen LogP contribution >= 0.6 is 11.6 Å². The Kier molecular flexibility index (Phi) is 7.28. The summed E-state index contributed by atoms with van der Waals surface area (Å²) >= 11 is 5.88. The highest BCUT2D eigenvalue weighted by molar-refractivity contribution is 6.30. The van der Waals surface area contributed by atoms with Gasteiger partial charge < -0.3 is 19.4 Å². The molecule has 2 aromatic carbocycles. The van der Waals surface area contributed by atoms with Crippen molar-refractivity contribution >= 4 is 29.5 Å². The molecular weight excluding hydrogens is 485 g/mol. The maximum atomic E-state index is 13.2. The molecule has 1 aliphatic rings. The van der Waals surface area contributed by atoms with Crippen LogP contribution in [-0.2, 0) is 15.7 Å². The molecule has 2 amide bonds. The minimum Gasteiger partial charge on any atom is -0.457 e. The Morgan fingerprint density at radius 2 is 1.71 bits per heavy atom. The van der Waals surface area contributed by atoms with Crippen molar-refractivity contribution in [2.45, 2.75) is 6.18 Å². The van der Waals surface area contributed by atoms with Gasteiger partial charge in [0.05, 0.1) is 18.8 Å². The normalized spacial score (nSPS) is 14.6. The molecule has 4 rings (SSSR count). The molecule has 3 aromatic rings. The van der Waals surface area contributed by atoms with E-state index in [0.717, 1.165) is 12.1 Å². The number of hydrogen-bond donors (Lipinski definition) is 1. The fourth-order valence-electron chi connectivity index (χ4n) is 3.46. The number of carbonyl (C=O) groups is 2. The van der Waals surface area contributed by atoms with Gasteiger partial charge in [-0.25, -0.2) is 0 Å². The zero-order chi connectivity index (χ0) is 25.0. The molecule has 0 saturated carbocycles. The number of nitrogens with one attached hydrogen (secondary N) is 1. The minimum atomic E-state index is -4.49. The van der Waals surface area contributed by atoms with Gasteiger partial charge in [0, 0.05) is 35.3 Å². The lowest BCUT2D eigenvalue weighted by Crippen LogP contribution is -2.44. The van der Waals surface area contributed by atoms with E-state index >= 15 is 0 Å². The van der Waals surface area contributed by atoms with E-state index in [-0.39, 0.29) is 22.8 Å². The fraction of sp³-hybridized carbons (Fsp3) is 0.200. The van der Waals surface area contributed by atoms with Gasteiger partial charge in [-0.1, -0.05) is 23.7 Å². The van der Waals surface area contributed by atoms with Gasteiger partial charge in [-0.3, -0.25) is 9.59 Å². The highest BCUT2D eigenvalue weighted by atomic mass is 35.5. The van der Waals surface area contributed by atoms with Crippen LogP contribution in [0.2, 0.25) is 5.02 Å². The number of carbonyl (C=O) groups excluding carboxylic acids is 2. The zero-order valence-electron chi connectivity index (χ0n) is 18.3. The first-order valence-corrected chi connectivity index (χ1v) is 11.0. The van der Waals surface area contributed by atoms with Crippen molar-refractivity contribution in [2.24, 2.45) is 0 Å². The maximum Gasteiger partial charge on any atom is 0.416 e. The Bertz CT molecular complexity index is 1250. The summed E-state index contributed by atoms with van der Waals surface area (Å²) in [5.41, 5.74) is -0.330. The molecule has 0 unspecified atom stereocenters. The van der Waals surface area contributed by atoms with Gasteiger partial charge in [-0.05, 0) is 48.5 Å². The quantitative estimate of drug-likeness (QED) is 0.482. The number of morpholine rings is 1. The summed E-state index contributed by atoms with van der Waals surface area (Å²) in [6, 6.07) is 13.9. The Balaban J connectivity index is 1.63. The molecule has 1 aromatic heterocycles. The lowest BCUT2D eigenvalue weighted by atomic mass is 10.1. The second-order valence-electron chi connectivity index (χ2n) is 7.70. The predicted octanol–water partition coefficient (Wildman–Crippen LogP) is 5.25. The van der Waals surface area contributed by atoms with Crippen LogP contribution < -0.4 is 5.32 Å². The summed E-state index contributed by atoms with van der Waals surface area (Å²) in [7, 11) is 0. The molecule has 0 atom stereocenters. The number of ether oxygens (including phenoxy) is 1. The topological polar surface area (TPSA) is 71.8 Å². The first kappa shape index (κ1) is 24.6. The smallest absolute Gasteiger partial charge is 0.416 e. The van der Waals surface area contributed by atoms with Crippen LogP contribution in [0.5, 0.6) is 0 Å². The molecule has 1 saturated heterocycles. The van der Waals surface area contributed by atoms with Crippen LogP contribution in [-0.4, -0.2) is 43.0 Å². The van der Waals surface area contributed by atoms with Crippen LogP contribution in [0.4, 0.5) is 13.2 Å². The number of alkyl halides is 3. The van der Waals surface area contributed by atoms with E-state index < -0.39 is 23.6 Å². The highest BCUT2D eigenvalue weighted by Crippen LogP contribution is 2.33.